The molecule has 0 aliphatic carbocycles. The third kappa shape index (κ3) is 9.27. The van der Waals surface area contributed by atoms with E-state index in [1.807, 2.05) is 86.6 Å². The first-order chi connectivity index (χ1) is 19.4. The Hall–Kier alpha value is -4.01. The highest BCUT2D eigenvalue weighted by Gasteiger charge is 2.35. The molecular weight excluding hydrogens is 514 g/mol. The minimum absolute atomic E-state index is 0.291. The molecule has 0 heterocycles. The number of fused-ring (bicyclic) bond motifs is 1. The number of nitrogens with one attached hydrogen (secondary N) is 1. The fourth-order valence-corrected chi connectivity index (χ4v) is 4.64. The number of hydrazine groups is 1. The Balaban J connectivity index is 1.95. The van der Waals surface area contributed by atoms with Crippen LogP contribution in [0.25, 0.3) is 10.8 Å². The lowest BCUT2D eigenvalue weighted by molar-refractivity contribution is -0.147. The molecule has 0 saturated heterocycles. The van der Waals surface area contributed by atoms with Gasteiger partial charge in [-0.2, -0.15) is 0 Å². The van der Waals surface area contributed by atoms with Crippen molar-refractivity contribution in [1.82, 2.24) is 20.2 Å². The van der Waals surface area contributed by atoms with Gasteiger partial charge in [-0.25, -0.2) is 5.01 Å². The smallest absolute Gasteiger partial charge is 0.257 e. The van der Waals surface area contributed by atoms with Crippen molar-refractivity contribution >= 4 is 28.5 Å². The summed E-state index contributed by atoms with van der Waals surface area (Å²) in [5.74, 6) is -0.936. The zero-order chi connectivity index (χ0) is 30.2. The summed E-state index contributed by atoms with van der Waals surface area (Å²) < 4.78 is 0. The first kappa shape index (κ1) is 31.5. The third-order valence-electron chi connectivity index (χ3n) is 6.97. The number of carbonyl (C=O) groups is 3. The van der Waals surface area contributed by atoms with Crippen molar-refractivity contribution in [3.63, 3.8) is 0 Å². The molecule has 0 aromatic heterocycles. The van der Waals surface area contributed by atoms with Crippen LogP contribution < -0.4 is 11.2 Å². The number of likely N-dealkylation sites (N-methyl/N-ethyl adjacent to an activating group) is 2. The second-order valence-electron chi connectivity index (χ2n) is 11.5. The molecule has 0 fully saturated rings. The van der Waals surface area contributed by atoms with E-state index in [-0.39, 0.29) is 17.7 Å². The average molecular weight is 558 g/mol. The summed E-state index contributed by atoms with van der Waals surface area (Å²) in [6.07, 6.45) is 4.34. The van der Waals surface area contributed by atoms with Gasteiger partial charge in [0.1, 0.15) is 12.1 Å². The van der Waals surface area contributed by atoms with E-state index < -0.39 is 17.6 Å². The monoisotopic (exact) mass is 557 g/mol. The molecule has 3 aromatic carbocycles. The van der Waals surface area contributed by atoms with Gasteiger partial charge in [-0.1, -0.05) is 78.9 Å². The summed E-state index contributed by atoms with van der Waals surface area (Å²) in [6.45, 7) is 3.77. The van der Waals surface area contributed by atoms with Crippen molar-refractivity contribution in [2.24, 2.45) is 5.73 Å². The molecule has 3 amide bonds. The number of hydrogen-bond donors (Lipinski definition) is 2. The van der Waals surface area contributed by atoms with E-state index in [0.717, 1.165) is 21.9 Å². The van der Waals surface area contributed by atoms with Crippen molar-refractivity contribution in [1.29, 1.82) is 0 Å². The Labute approximate surface area is 243 Å². The molecule has 8 heteroatoms. The zero-order valence-corrected chi connectivity index (χ0v) is 25.0. The van der Waals surface area contributed by atoms with Gasteiger partial charge in [0.25, 0.3) is 5.91 Å². The molecule has 218 valence electrons. The summed E-state index contributed by atoms with van der Waals surface area (Å²) >= 11 is 0. The van der Waals surface area contributed by atoms with Crippen LogP contribution in [0.3, 0.4) is 0 Å². The normalized spacial score (nSPS) is 13.3. The summed E-state index contributed by atoms with van der Waals surface area (Å²) in [5, 5.41) is 3.71. The van der Waals surface area contributed by atoms with E-state index in [9.17, 15) is 14.4 Å². The molecule has 0 unspecified atom stereocenters. The van der Waals surface area contributed by atoms with Crippen molar-refractivity contribution in [2.45, 2.75) is 50.7 Å². The van der Waals surface area contributed by atoms with Gasteiger partial charge in [0, 0.05) is 46.6 Å². The number of nitrogens with zero attached hydrogens (tertiary/aromatic N) is 3. The van der Waals surface area contributed by atoms with E-state index in [0.29, 0.717) is 19.3 Å². The average Bonchev–Trinajstić information content (AvgIpc) is 2.92. The molecule has 0 bridgehead atoms. The fraction of sp³-hybridized carbons (Fsp3) is 0.364. The number of hydrogen-bond acceptors (Lipinski definition) is 5. The second kappa shape index (κ2) is 14.1. The van der Waals surface area contributed by atoms with Gasteiger partial charge in [0.05, 0.1) is 0 Å². The van der Waals surface area contributed by atoms with Gasteiger partial charge in [-0.3, -0.25) is 19.8 Å². The largest absolute Gasteiger partial charge is 0.332 e. The molecule has 3 aromatic rings. The molecule has 0 saturated carbocycles. The van der Waals surface area contributed by atoms with E-state index in [4.69, 9.17) is 5.73 Å². The predicted molar refractivity (Wildman–Crippen MR) is 165 cm³/mol. The summed E-state index contributed by atoms with van der Waals surface area (Å²) in [6, 6.07) is 22.0. The van der Waals surface area contributed by atoms with Crippen LogP contribution >= 0.6 is 0 Å². The lowest BCUT2D eigenvalue weighted by atomic mass is 9.98. The van der Waals surface area contributed by atoms with Crippen LogP contribution in [0.15, 0.2) is 84.9 Å². The Kier molecular flexibility index (Phi) is 10.8. The highest BCUT2D eigenvalue weighted by Crippen LogP contribution is 2.20. The van der Waals surface area contributed by atoms with E-state index in [1.54, 1.807) is 39.3 Å². The molecule has 3 rings (SSSR count). The lowest BCUT2D eigenvalue weighted by Gasteiger charge is -2.34. The van der Waals surface area contributed by atoms with Gasteiger partial charge < -0.3 is 15.5 Å². The van der Waals surface area contributed by atoms with Gasteiger partial charge >= 0.3 is 0 Å². The van der Waals surface area contributed by atoms with Crippen LogP contribution in [0.2, 0.25) is 0 Å². The Morgan fingerprint density at radius 2 is 1.41 bits per heavy atom. The molecule has 0 spiro atoms. The first-order valence-electron chi connectivity index (χ1n) is 13.8. The Morgan fingerprint density at radius 3 is 2.05 bits per heavy atom. The van der Waals surface area contributed by atoms with Crippen LogP contribution in [0.4, 0.5) is 0 Å². The maximum Gasteiger partial charge on any atom is 0.257 e. The minimum atomic E-state index is -0.838. The van der Waals surface area contributed by atoms with Crippen LogP contribution in [0.5, 0.6) is 0 Å². The molecule has 0 aliphatic heterocycles. The lowest BCUT2D eigenvalue weighted by Crippen LogP contribution is -2.57. The van der Waals surface area contributed by atoms with E-state index in [1.165, 1.54) is 15.9 Å². The topological polar surface area (TPSA) is 99.0 Å². The molecule has 41 heavy (non-hydrogen) atoms. The molecule has 8 nitrogen and oxygen atoms in total. The highest BCUT2D eigenvalue weighted by atomic mass is 16.2. The van der Waals surface area contributed by atoms with Crippen LogP contribution in [0, 0.1) is 0 Å². The van der Waals surface area contributed by atoms with Crippen LogP contribution in [-0.4, -0.2) is 78.3 Å². The summed E-state index contributed by atoms with van der Waals surface area (Å²) in [4.78, 5) is 43.7. The maximum atomic E-state index is 14.2. The molecule has 2 atom stereocenters. The first-order valence-corrected chi connectivity index (χ1v) is 13.8. The zero-order valence-electron chi connectivity index (χ0n) is 25.0. The number of benzene rings is 3. The molecule has 0 aliphatic rings. The minimum Gasteiger partial charge on any atom is -0.332 e. The summed E-state index contributed by atoms with van der Waals surface area (Å²) in [5.41, 5.74) is 10.3. The number of carbonyl (C=O) groups excluding carboxylic acids is 3. The van der Waals surface area contributed by atoms with Crippen molar-refractivity contribution in [3.8, 4) is 0 Å². The van der Waals surface area contributed by atoms with Gasteiger partial charge in [0.15, 0.2) is 0 Å². The van der Waals surface area contributed by atoms with Gasteiger partial charge in [-0.05, 0) is 48.2 Å². The van der Waals surface area contributed by atoms with Gasteiger partial charge in [0.2, 0.25) is 11.8 Å². The quantitative estimate of drug-likeness (QED) is 0.262. The predicted octanol–water partition coefficient (Wildman–Crippen LogP) is 3.56. The Bertz CT molecular complexity index is 1360. The molecule has 3 N–H and O–H groups in total. The van der Waals surface area contributed by atoms with Crippen LogP contribution in [0.1, 0.15) is 31.4 Å². The Morgan fingerprint density at radius 1 is 0.805 bits per heavy atom. The number of rotatable bonds is 12. The molecular formula is C33H43N5O3. The van der Waals surface area contributed by atoms with Gasteiger partial charge in [-0.15, -0.1) is 0 Å². The summed E-state index contributed by atoms with van der Waals surface area (Å²) in [7, 11) is 6.71. The fourth-order valence-electron chi connectivity index (χ4n) is 4.64. The maximum absolute atomic E-state index is 14.2. The van der Waals surface area contributed by atoms with Crippen LogP contribution in [-0.2, 0) is 27.2 Å². The standard InChI is InChI=1S/C33H43N5O3/c1-33(2,34)20-12-17-30(39)37(5)29(23-25-18-19-26-15-10-11-16-27(26)21-25)32(41)38(6)28(31(40)35-36(3)4)22-24-13-8-7-9-14-24/h7-19,21,28-29H,20,22-23,34H2,1-6H3,(H,35,40)/b17-12+/t28-,29-/m1/s1. The third-order valence-corrected chi connectivity index (χ3v) is 6.97. The second-order valence-corrected chi connectivity index (χ2v) is 11.5. The SMILES string of the molecule is CN(C)NC(=O)[C@@H](Cc1ccccc1)N(C)C(=O)[C@@H](Cc1ccc2ccccc2c1)N(C)C(=O)/C=C/CC(C)(C)N. The molecule has 0 radical (unpaired) electrons. The van der Waals surface area contributed by atoms with Crippen molar-refractivity contribution < 1.29 is 14.4 Å². The number of nitrogens with two attached hydrogens (primary N) is 1. The van der Waals surface area contributed by atoms with Crippen molar-refractivity contribution in [3.05, 3.63) is 96.1 Å². The highest BCUT2D eigenvalue weighted by molar-refractivity contribution is 5.95. The van der Waals surface area contributed by atoms with Crippen molar-refractivity contribution in [2.75, 3.05) is 28.2 Å². The number of amides is 3. The van der Waals surface area contributed by atoms with E-state index >= 15 is 0 Å². The van der Waals surface area contributed by atoms with E-state index in [2.05, 4.69) is 5.43 Å².